The molecule has 3 aromatic rings. The fourth-order valence-electron chi connectivity index (χ4n) is 2.93. The molecular weight excluding hydrogens is 403 g/mol. The van der Waals surface area contributed by atoms with Crippen molar-refractivity contribution in [3.8, 4) is 0 Å². The minimum atomic E-state index is -1.02. The van der Waals surface area contributed by atoms with Gasteiger partial charge in [0.1, 0.15) is 11.9 Å². The number of rotatable bonds is 7. The lowest BCUT2D eigenvalue weighted by molar-refractivity contribution is -0.124. The van der Waals surface area contributed by atoms with Gasteiger partial charge in [-0.05, 0) is 55.6 Å². The number of nitrogens with one attached hydrogen (secondary N) is 1. The predicted molar refractivity (Wildman–Crippen MR) is 115 cm³/mol. The van der Waals surface area contributed by atoms with Gasteiger partial charge in [0.25, 0.3) is 5.91 Å². The first-order chi connectivity index (χ1) is 14.3. The number of anilines is 1. The summed E-state index contributed by atoms with van der Waals surface area (Å²) in [6.07, 6.45) is 0.699. The van der Waals surface area contributed by atoms with Gasteiger partial charge in [-0.3, -0.25) is 14.5 Å². The first-order valence-corrected chi connectivity index (χ1v) is 10.4. The molecule has 0 spiro atoms. The van der Waals surface area contributed by atoms with Gasteiger partial charge >= 0.3 is 0 Å². The standard InChI is InChI=1S/C22H23FN4O2S/c1-4-22(2,3)24-20(28)19(15-9-6-5-7-10-15)27(17-12-8-11-16(23)13-17)21(29)18-14-30-26-25-18/h5-14,19H,4H2,1-3H3,(H,24,28). The summed E-state index contributed by atoms with van der Waals surface area (Å²) in [5, 5.41) is 8.38. The molecule has 1 atom stereocenters. The molecule has 3 rings (SSSR count). The molecule has 0 fully saturated rings. The minimum absolute atomic E-state index is 0.0905. The molecule has 2 amide bonds. The van der Waals surface area contributed by atoms with Crippen molar-refractivity contribution < 1.29 is 14.0 Å². The Kier molecular flexibility index (Phi) is 6.56. The summed E-state index contributed by atoms with van der Waals surface area (Å²) < 4.78 is 17.8. The van der Waals surface area contributed by atoms with Crippen molar-refractivity contribution in [3.63, 3.8) is 0 Å². The van der Waals surface area contributed by atoms with Crippen LogP contribution >= 0.6 is 11.5 Å². The Balaban J connectivity index is 2.15. The van der Waals surface area contributed by atoms with Crippen LogP contribution in [0.2, 0.25) is 0 Å². The Morgan fingerprint density at radius 2 is 1.90 bits per heavy atom. The van der Waals surface area contributed by atoms with Gasteiger partial charge in [0.2, 0.25) is 5.91 Å². The van der Waals surface area contributed by atoms with Crippen LogP contribution in [-0.2, 0) is 4.79 Å². The van der Waals surface area contributed by atoms with Gasteiger partial charge in [-0.25, -0.2) is 4.39 Å². The van der Waals surface area contributed by atoms with Crippen LogP contribution in [0.5, 0.6) is 0 Å². The van der Waals surface area contributed by atoms with E-state index in [0.29, 0.717) is 12.0 Å². The first-order valence-electron chi connectivity index (χ1n) is 9.55. The number of halogens is 1. The molecular formula is C22H23FN4O2S. The molecule has 30 heavy (non-hydrogen) atoms. The van der Waals surface area contributed by atoms with E-state index in [1.165, 1.54) is 28.5 Å². The summed E-state index contributed by atoms with van der Waals surface area (Å²) in [5.41, 5.74) is 0.463. The lowest BCUT2D eigenvalue weighted by Crippen LogP contribution is -2.50. The molecule has 0 radical (unpaired) electrons. The molecule has 0 aliphatic heterocycles. The zero-order valence-electron chi connectivity index (χ0n) is 17.0. The molecule has 1 N–H and O–H groups in total. The van der Waals surface area contributed by atoms with E-state index >= 15 is 0 Å². The van der Waals surface area contributed by atoms with Crippen LogP contribution in [0.3, 0.4) is 0 Å². The van der Waals surface area contributed by atoms with Crippen molar-refractivity contribution in [2.75, 3.05) is 4.90 Å². The molecule has 0 aliphatic rings. The maximum atomic E-state index is 14.1. The Bertz CT molecular complexity index is 1010. The lowest BCUT2D eigenvalue weighted by Gasteiger charge is -2.34. The first kappa shape index (κ1) is 21.6. The van der Waals surface area contributed by atoms with Crippen molar-refractivity contribution in [2.24, 2.45) is 0 Å². The van der Waals surface area contributed by atoms with Gasteiger partial charge in [-0.2, -0.15) is 0 Å². The fraction of sp³-hybridized carbons (Fsp3) is 0.273. The monoisotopic (exact) mass is 426 g/mol. The van der Waals surface area contributed by atoms with Crippen molar-refractivity contribution >= 4 is 29.0 Å². The van der Waals surface area contributed by atoms with Crippen molar-refractivity contribution in [2.45, 2.75) is 38.8 Å². The summed E-state index contributed by atoms with van der Waals surface area (Å²) in [6.45, 7) is 5.78. The molecule has 0 aliphatic carbocycles. The van der Waals surface area contributed by atoms with Gasteiger partial charge < -0.3 is 5.32 Å². The number of hydrogen-bond acceptors (Lipinski definition) is 5. The van der Waals surface area contributed by atoms with Gasteiger partial charge in [0, 0.05) is 16.6 Å². The zero-order chi connectivity index (χ0) is 21.7. The summed E-state index contributed by atoms with van der Waals surface area (Å²) in [4.78, 5) is 28.1. The molecule has 6 nitrogen and oxygen atoms in total. The Hall–Kier alpha value is -3.13. The topological polar surface area (TPSA) is 75.2 Å². The normalized spacial score (nSPS) is 12.3. The molecule has 1 aromatic heterocycles. The van der Waals surface area contributed by atoms with E-state index in [1.807, 2.05) is 26.8 Å². The quantitative estimate of drug-likeness (QED) is 0.609. The van der Waals surface area contributed by atoms with E-state index in [-0.39, 0.29) is 17.3 Å². The number of amides is 2. The molecule has 1 heterocycles. The smallest absolute Gasteiger partial charge is 0.280 e. The maximum absolute atomic E-state index is 14.1. The summed E-state index contributed by atoms with van der Waals surface area (Å²) in [7, 11) is 0. The highest BCUT2D eigenvalue weighted by Gasteiger charge is 2.36. The highest BCUT2D eigenvalue weighted by Crippen LogP contribution is 2.30. The van der Waals surface area contributed by atoms with Gasteiger partial charge in [-0.1, -0.05) is 47.8 Å². The third kappa shape index (κ3) is 4.88. The zero-order valence-corrected chi connectivity index (χ0v) is 17.8. The van der Waals surface area contributed by atoms with Crippen molar-refractivity contribution in [1.29, 1.82) is 0 Å². The van der Waals surface area contributed by atoms with Crippen molar-refractivity contribution in [1.82, 2.24) is 14.9 Å². The highest BCUT2D eigenvalue weighted by atomic mass is 32.1. The fourth-order valence-corrected chi connectivity index (χ4v) is 3.36. The second kappa shape index (κ2) is 9.13. The van der Waals surface area contributed by atoms with Crippen LogP contribution in [-0.4, -0.2) is 26.9 Å². The average Bonchev–Trinajstić information content (AvgIpc) is 3.26. The second-order valence-electron chi connectivity index (χ2n) is 7.49. The summed E-state index contributed by atoms with van der Waals surface area (Å²) >= 11 is 1.03. The van der Waals surface area contributed by atoms with Crippen LogP contribution in [0.15, 0.2) is 60.0 Å². The largest absolute Gasteiger partial charge is 0.349 e. The van der Waals surface area contributed by atoms with Crippen LogP contribution in [0.1, 0.15) is 49.3 Å². The maximum Gasteiger partial charge on any atom is 0.280 e. The minimum Gasteiger partial charge on any atom is -0.349 e. The molecule has 2 aromatic carbocycles. The van der Waals surface area contributed by atoms with Crippen LogP contribution in [0, 0.1) is 5.82 Å². The van der Waals surface area contributed by atoms with E-state index in [0.717, 1.165) is 11.5 Å². The predicted octanol–water partition coefficient (Wildman–Crippen LogP) is 4.37. The Morgan fingerprint density at radius 1 is 1.17 bits per heavy atom. The summed E-state index contributed by atoms with van der Waals surface area (Å²) in [6, 6.07) is 13.5. The molecule has 156 valence electrons. The van der Waals surface area contributed by atoms with Crippen LogP contribution < -0.4 is 10.2 Å². The molecule has 0 saturated heterocycles. The number of aromatic nitrogens is 2. The molecule has 1 unspecified atom stereocenters. The van der Waals surface area contributed by atoms with E-state index in [2.05, 4.69) is 14.9 Å². The van der Waals surface area contributed by atoms with Gasteiger partial charge in [-0.15, -0.1) is 5.10 Å². The van der Waals surface area contributed by atoms with Gasteiger partial charge in [0.05, 0.1) is 0 Å². The van der Waals surface area contributed by atoms with E-state index in [1.54, 1.807) is 30.3 Å². The highest BCUT2D eigenvalue weighted by molar-refractivity contribution is 7.03. The van der Waals surface area contributed by atoms with E-state index < -0.39 is 23.3 Å². The third-order valence-electron chi connectivity index (χ3n) is 4.85. The summed E-state index contributed by atoms with van der Waals surface area (Å²) in [5.74, 6) is -1.41. The van der Waals surface area contributed by atoms with Crippen molar-refractivity contribution in [3.05, 3.63) is 77.1 Å². The number of benzene rings is 2. The number of hydrogen-bond donors (Lipinski definition) is 1. The SMILES string of the molecule is CCC(C)(C)NC(=O)C(c1ccccc1)N(C(=O)c1csnn1)c1cccc(F)c1. The van der Waals surface area contributed by atoms with E-state index in [9.17, 15) is 14.0 Å². The number of nitrogens with zero attached hydrogens (tertiary/aromatic N) is 3. The van der Waals surface area contributed by atoms with Crippen LogP contribution in [0.25, 0.3) is 0 Å². The average molecular weight is 427 g/mol. The lowest BCUT2D eigenvalue weighted by atomic mass is 9.98. The van der Waals surface area contributed by atoms with Gasteiger partial charge in [0.15, 0.2) is 5.69 Å². The Labute approximate surface area is 178 Å². The second-order valence-corrected chi connectivity index (χ2v) is 8.09. The van der Waals surface area contributed by atoms with Crippen LogP contribution in [0.4, 0.5) is 10.1 Å². The van der Waals surface area contributed by atoms with E-state index in [4.69, 9.17) is 0 Å². The number of carbonyl (C=O) groups excluding carboxylic acids is 2. The molecule has 0 saturated carbocycles. The molecule has 0 bridgehead atoms. The Morgan fingerprint density at radius 3 is 2.50 bits per heavy atom. The number of carbonyl (C=O) groups is 2. The molecule has 8 heteroatoms. The third-order valence-corrected chi connectivity index (χ3v) is 5.36.